The van der Waals surface area contributed by atoms with Crippen LogP contribution in [0.3, 0.4) is 0 Å². The van der Waals surface area contributed by atoms with E-state index in [1.165, 1.54) is 14.2 Å². The van der Waals surface area contributed by atoms with Crippen LogP contribution < -0.4 is 20.2 Å². The van der Waals surface area contributed by atoms with E-state index in [4.69, 9.17) is 9.47 Å². The first kappa shape index (κ1) is 23.3. The van der Waals surface area contributed by atoms with Crippen LogP contribution in [-0.4, -0.2) is 32.2 Å². The molecule has 3 aromatic rings. The Morgan fingerprint density at radius 2 is 1.55 bits per heavy atom. The summed E-state index contributed by atoms with van der Waals surface area (Å²) in [5.41, 5.74) is 5.43. The van der Waals surface area contributed by atoms with Crippen molar-refractivity contribution in [3.63, 3.8) is 0 Å². The molecule has 2 amide bonds. The Morgan fingerprint density at radius 1 is 0.848 bits per heavy atom. The van der Waals surface area contributed by atoms with Gasteiger partial charge < -0.3 is 14.8 Å². The summed E-state index contributed by atoms with van der Waals surface area (Å²) >= 11 is 0. The summed E-state index contributed by atoms with van der Waals surface area (Å²) in [6.07, 6.45) is 3.52. The SMILES string of the molecule is COc1ccc(C(=O)Nc2ccccc2C(=O)NN=CC(C)=Cc2ccccc2)cc1OC. The largest absolute Gasteiger partial charge is 0.493 e. The number of para-hydroxylation sites is 1. The summed E-state index contributed by atoms with van der Waals surface area (Å²) in [5, 5.41) is 6.80. The van der Waals surface area contributed by atoms with E-state index in [1.54, 1.807) is 48.7 Å². The maximum absolute atomic E-state index is 12.8. The topological polar surface area (TPSA) is 89.0 Å². The molecule has 0 atom stereocenters. The number of anilines is 1. The fraction of sp³-hybridized carbons (Fsp3) is 0.115. The van der Waals surface area contributed by atoms with E-state index in [2.05, 4.69) is 15.8 Å². The lowest BCUT2D eigenvalue weighted by molar-refractivity contribution is 0.0956. The highest BCUT2D eigenvalue weighted by molar-refractivity contribution is 6.09. The van der Waals surface area contributed by atoms with Crippen LogP contribution in [0.15, 0.2) is 83.5 Å². The number of hydrazone groups is 1. The van der Waals surface area contributed by atoms with Gasteiger partial charge in [-0.15, -0.1) is 0 Å². The number of amides is 2. The van der Waals surface area contributed by atoms with Crippen LogP contribution in [0.2, 0.25) is 0 Å². The van der Waals surface area contributed by atoms with Crippen molar-refractivity contribution in [2.45, 2.75) is 6.92 Å². The van der Waals surface area contributed by atoms with Crippen molar-refractivity contribution in [1.82, 2.24) is 5.43 Å². The second-order valence-electron chi connectivity index (χ2n) is 7.07. The number of carbonyl (C=O) groups is 2. The van der Waals surface area contributed by atoms with E-state index in [9.17, 15) is 9.59 Å². The lowest BCUT2D eigenvalue weighted by Crippen LogP contribution is -2.21. The molecule has 168 valence electrons. The van der Waals surface area contributed by atoms with Gasteiger partial charge in [-0.3, -0.25) is 9.59 Å². The number of allylic oxidation sites excluding steroid dienone is 1. The zero-order valence-electron chi connectivity index (χ0n) is 18.7. The Labute approximate surface area is 192 Å². The van der Waals surface area contributed by atoms with Crippen molar-refractivity contribution in [3.8, 4) is 11.5 Å². The van der Waals surface area contributed by atoms with Crippen LogP contribution in [0.25, 0.3) is 6.08 Å². The molecule has 0 heterocycles. The van der Waals surface area contributed by atoms with Gasteiger partial charge >= 0.3 is 0 Å². The van der Waals surface area contributed by atoms with Crippen LogP contribution in [0.1, 0.15) is 33.2 Å². The van der Waals surface area contributed by atoms with Gasteiger partial charge in [0.05, 0.1) is 31.7 Å². The molecule has 0 fully saturated rings. The van der Waals surface area contributed by atoms with Gasteiger partial charge in [-0.25, -0.2) is 5.43 Å². The summed E-state index contributed by atoms with van der Waals surface area (Å²) in [6, 6.07) is 21.3. The normalized spacial score (nSPS) is 11.2. The minimum absolute atomic E-state index is 0.285. The Balaban J connectivity index is 1.70. The molecule has 33 heavy (non-hydrogen) atoms. The molecule has 2 N–H and O–H groups in total. The second kappa shape index (κ2) is 11.3. The Kier molecular flexibility index (Phi) is 7.96. The summed E-state index contributed by atoms with van der Waals surface area (Å²) in [5.74, 6) is 0.121. The summed E-state index contributed by atoms with van der Waals surface area (Å²) in [7, 11) is 3.02. The van der Waals surface area contributed by atoms with Gasteiger partial charge in [0, 0.05) is 5.56 Å². The summed E-state index contributed by atoms with van der Waals surface area (Å²) < 4.78 is 10.5. The van der Waals surface area contributed by atoms with Crippen molar-refractivity contribution in [3.05, 3.63) is 95.1 Å². The number of hydrogen-bond acceptors (Lipinski definition) is 5. The molecule has 0 radical (unpaired) electrons. The van der Waals surface area contributed by atoms with Crippen molar-refractivity contribution in [2.24, 2.45) is 5.10 Å². The molecule has 3 rings (SSSR count). The van der Waals surface area contributed by atoms with Crippen LogP contribution >= 0.6 is 0 Å². The highest BCUT2D eigenvalue weighted by atomic mass is 16.5. The van der Waals surface area contributed by atoms with Crippen molar-refractivity contribution < 1.29 is 19.1 Å². The van der Waals surface area contributed by atoms with Gasteiger partial charge in [-0.05, 0) is 48.4 Å². The van der Waals surface area contributed by atoms with Crippen molar-refractivity contribution in [2.75, 3.05) is 19.5 Å². The maximum atomic E-state index is 12.8. The third kappa shape index (κ3) is 6.30. The number of carbonyl (C=O) groups excluding carboxylic acids is 2. The average Bonchev–Trinajstić information content (AvgIpc) is 2.84. The summed E-state index contributed by atoms with van der Waals surface area (Å²) in [4.78, 5) is 25.4. The highest BCUT2D eigenvalue weighted by Gasteiger charge is 2.15. The number of nitrogens with zero attached hydrogens (tertiary/aromatic N) is 1. The predicted octanol–water partition coefficient (Wildman–Crippen LogP) is 4.78. The standard InChI is InChI=1S/C26H25N3O4/c1-18(15-19-9-5-4-6-10-19)17-27-29-26(31)21-11-7-8-12-22(21)28-25(30)20-13-14-23(32-2)24(16-20)33-3/h4-17H,1-3H3,(H,28,30)(H,29,31). The molecule has 0 aromatic heterocycles. The van der Waals surface area contributed by atoms with E-state index in [-0.39, 0.29) is 11.5 Å². The Bertz CT molecular complexity index is 1190. The van der Waals surface area contributed by atoms with Crippen molar-refractivity contribution in [1.29, 1.82) is 0 Å². The quantitative estimate of drug-likeness (QED) is 0.388. The van der Waals surface area contributed by atoms with Crippen LogP contribution in [0.4, 0.5) is 5.69 Å². The van der Waals surface area contributed by atoms with Gasteiger partial charge in [-0.2, -0.15) is 5.10 Å². The van der Waals surface area contributed by atoms with Gasteiger partial charge in [-0.1, -0.05) is 48.5 Å². The van der Waals surface area contributed by atoms with Gasteiger partial charge in [0.2, 0.25) is 0 Å². The molecular weight excluding hydrogens is 418 g/mol. The number of nitrogens with one attached hydrogen (secondary N) is 2. The average molecular weight is 444 g/mol. The maximum Gasteiger partial charge on any atom is 0.273 e. The van der Waals surface area contributed by atoms with Crippen molar-refractivity contribution >= 4 is 29.8 Å². The molecule has 0 unspecified atom stereocenters. The van der Waals surface area contributed by atoms with Gasteiger partial charge in [0.25, 0.3) is 11.8 Å². The number of ether oxygens (including phenoxy) is 2. The Morgan fingerprint density at radius 3 is 2.27 bits per heavy atom. The number of benzene rings is 3. The fourth-order valence-corrected chi connectivity index (χ4v) is 3.06. The smallest absolute Gasteiger partial charge is 0.273 e. The summed E-state index contributed by atoms with van der Waals surface area (Å²) in [6.45, 7) is 1.89. The lowest BCUT2D eigenvalue weighted by Gasteiger charge is -2.12. The first-order valence-corrected chi connectivity index (χ1v) is 10.2. The van der Waals surface area contributed by atoms with Crippen LogP contribution in [0, 0.1) is 0 Å². The molecular formula is C26H25N3O4. The van der Waals surface area contributed by atoms with Crippen LogP contribution in [0.5, 0.6) is 11.5 Å². The molecule has 7 nitrogen and oxygen atoms in total. The van der Waals surface area contributed by atoms with E-state index >= 15 is 0 Å². The minimum atomic E-state index is -0.443. The lowest BCUT2D eigenvalue weighted by atomic mass is 10.1. The van der Waals surface area contributed by atoms with E-state index in [1.807, 2.05) is 43.3 Å². The van der Waals surface area contributed by atoms with E-state index in [0.29, 0.717) is 22.7 Å². The third-order valence-electron chi connectivity index (χ3n) is 4.69. The molecule has 7 heteroatoms. The second-order valence-corrected chi connectivity index (χ2v) is 7.07. The number of rotatable bonds is 8. The first-order valence-electron chi connectivity index (χ1n) is 10.2. The molecule has 0 saturated heterocycles. The zero-order chi connectivity index (χ0) is 23.6. The highest BCUT2D eigenvalue weighted by Crippen LogP contribution is 2.28. The Hall–Kier alpha value is -4.39. The molecule has 0 saturated carbocycles. The third-order valence-corrected chi connectivity index (χ3v) is 4.69. The first-order chi connectivity index (χ1) is 16.0. The van der Waals surface area contributed by atoms with Gasteiger partial charge in [0.15, 0.2) is 11.5 Å². The fourth-order valence-electron chi connectivity index (χ4n) is 3.06. The zero-order valence-corrected chi connectivity index (χ0v) is 18.7. The van der Waals surface area contributed by atoms with E-state index < -0.39 is 5.91 Å². The number of hydrogen-bond donors (Lipinski definition) is 2. The van der Waals surface area contributed by atoms with E-state index in [0.717, 1.165) is 11.1 Å². The molecule has 0 bridgehead atoms. The van der Waals surface area contributed by atoms with Crippen LogP contribution in [-0.2, 0) is 0 Å². The molecule has 0 aliphatic heterocycles. The predicted molar refractivity (Wildman–Crippen MR) is 130 cm³/mol. The van der Waals surface area contributed by atoms with Gasteiger partial charge in [0.1, 0.15) is 0 Å². The monoisotopic (exact) mass is 443 g/mol. The molecule has 3 aromatic carbocycles. The minimum Gasteiger partial charge on any atom is -0.493 e. The molecule has 0 spiro atoms. The molecule has 0 aliphatic rings. The molecule has 0 aliphatic carbocycles. The number of methoxy groups -OCH3 is 2.